The largest absolute Gasteiger partial charge is 0.481 e. The van der Waals surface area contributed by atoms with Gasteiger partial charge in [0.2, 0.25) is 0 Å². The van der Waals surface area contributed by atoms with E-state index in [1.807, 2.05) is 0 Å². The first-order valence-corrected chi connectivity index (χ1v) is 4.87. The van der Waals surface area contributed by atoms with Gasteiger partial charge in [0, 0.05) is 0 Å². The van der Waals surface area contributed by atoms with Crippen LogP contribution in [0.3, 0.4) is 0 Å². The van der Waals surface area contributed by atoms with Gasteiger partial charge in [-0.3, -0.25) is 19.2 Å². The van der Waals surface area contributed by atoms with Crippen LogP contribution in [0, 0.1) is 5.92 Å². The average molecular weight is 246 g/mol. The normalized spacial score (nSPS) is 13.6. The monoisotopic (exact) mass is 246 g/mol. The second-order valence-corrected chi connectivity index (χ2v) is 3.61. The lowest BCUT2D eigenvalue weighted by atomic mass is 10.0. The molecular formula is C10H14O7. The first kappa shape index (κ1) is 15.2. The van der Waals surface area contributed by atoms with Crippen LogP contribution in [0.4, 0.5) is 0 Å². The van der Waals surface area contributed by atoms with Crippen LogP contribution in [0.5, 0.6) is 0 Å². The van der Waals surface area contributed by atoms with Crippen molar-refractivity contribution in [3.8, 4) is 0 Å². The van der Waals surface area contributed by atoms with E-state index in [9.17, 15) is 19.2 Å². The van der Waals surface area contributed by atoms with Gasteiger partial charge in [0.05, 0.1) is 18.4 Å². The number of hydrogen-bond donors (Lipinski definition) is 2. The molecule has 0 amide bonds. The van der Waals surface area contributed by atoms with E-state index < -0.39 is 48.6 Å². The third-order valence-corrected chi connectivity index (χ3v) is 1.91. The maximum Gasteiger partial charge on any atom is 0.320 e. The highest BCUT2D eigenvalue weighted by molar-refractivity contribution is 5.98. The van der Waals surface area contributed by atoms with Crippen molar-refractivity contribution in [2.45, 2.75) is 32.8 Å². The van der Waals surface area contributed by atoms with Crippen LogP contribution >= 0.6 is 0 Å². The van der Waals surface area contributed by atoms with Crippen LogP contribution in [-0.2, 0) is 23.9 Å². The molecule has 2 unspecified atom stereocenters. The lowest BCUT2D eigenvalue weighted by Gasteiger charge is -2.13. The Kier molecular flexibility index (Phi) is 6.05. The van der Waals surface area contributed by atoms with Crippen molar-refractivity contribution in [2.24, 2.45) is 5.92 Å². The number of Topliss-reactive ketones (excluding diaryl/α,β-unsaturated/α-hetero) is 1. The number of carbonyl (C=O) groups excluding carboxylic acids is 3. The summed E-state index contributed by atoms with van der Waals surface area (Å²) in [7, 11) is 0. The summed E-state index contributed by atoms with van der Waals surface area (Å²) in [4.78, 5) is 43.2. The minimum atomic E-state index is -1.36. The lowest BCUT2D eigenvalue weighted by molar-refractivity contribution is -0.164. The van der Waals surface area contributed by atoms with Crippen molar-refractivity contribution in [3.05, 3.63) is 0 Å². The number of ketones is 1. The van der Waals surface area contributed by atoms with Crippen LogP contribution in [0.2, 0.25) is 0 Å². The molecule has 0 aromatic heterocycles. The molecule has 0 spiro atoms. The zero-order valence-corrected chi connectivity index (χ0v) is 9.50. The molecule has 0 heterocycles. The summed E-state index contributed by atoms with van der Waals surface area (Å²) in [6.07, 6.45) is -2.42. The second-order valence-electron chi connectivity index (χ2n) is 3.61. The molecule has 0 aromatic rings. The van der Waals surface area contributed by atoms with E-state index in [1.54, 1.807) is 0 Å². The van der Waals surface area contributed by atoms with Gasteiger partial charge < -0.3 is 14.9 Å². The van der Waals surface area contributed by atoms with Gasteiger partial charge in [-0.25, -0.2) is 0 Å². The highest BCUT2D eigenvalue weighted by Gasteiger charge is 2.27. The number of aliphatic hydroxyl groups is 1. The Morgan fingerprint density at radius 3 is 2.06 bits per heavy atom. The number of carbonyl (C=O) groups is 4. The van der Waals surface area contributed by atoms with Gasteiger partial charge in [-0.05, 0) is 13.8 Å². The predicted molar refractivity (Wildman–Crippen MR) is 53.8 cm³/mol. The molecule has 0 aromatic carbocycles. The van der Waals surface area contributed by atoms with E-state index >= 15 is 0 Å². The molecule has 96 valence electrons. The summed E-state index contributed by atoms with van der Waals surface area (Å²) in [5.41, 5.74) is 0. The Morgan fingerprint density at radius 2 is 1.71 bits per heavy atom. The molecule has 0 saturated heterocycles. The van der Waals surface area contributed by atoms with E-state index in [0.717, 1.165) is 6.92 Å². The number of hydrogen-bond acceptors (Lipinski definition) is 6. The molecule has 0 aliphatic carbocycles. The van der Waals surface area contributed by atoms with Gasteiger partial charge in [-0.15, -0.1) is 0 Å². The van der Waals surface area contributed by atoms with E-state index in [0.29, 0.717) is 0 Å². The van der Waals surface area contributed by atoms with Gasteiger partial charge in [0.25, 0.3) is 0 Å². The second kappa shape index (κ2) is 6.74. The lowest BCUT2D eigenvalue weighted by Crippen LogP contribution is -2.29. The van der Waals surface area contributed by atoms with Gasteiger partial charge >= 0.3 is 17.9 Å². The van der Waals surface area contributed by atoms with E-state index in [2.05, 4.69) is 4.74 Å². The fraction of sp³-hybridized carbons (Fsp3) is 0.600. The molecule has 0 saturated carbocycles. The number of aliphatic carboxylic acids is 1. The number of carboxylic acid groups (broad SMARTS) is 1. The smallest absolute Gasteiger partial charge is 0.320 e. The Labute approximate surface area is 97.4 Å². The number of carboxylic acids is 1. The summed E-state index contributed by atoms with van der Waals surface area (Å²) in [6, 6.07) is 0. The quantitative estimate of drug-likeness (QED) is 0.479. The molecule has 2 atom stereocenters. The van der Waals surface area contributed by atoms with Gasteiger partial charge in [-0.1, -0.05) is 0 Å². The van der Waals surface area contributed by atoms with Crippen molar-refractivity contribution in [1.82, 2.24) is 0 Å². The van der Waals surface area contributed by atoms with Crippen LogP contribution in [0.25, 0.3) is 0 Å². The standard InChI is InChI=1S/C10H14O7/c1-5(11)3-8(13)17-9(14)4-7(6(2)12)10(15)16/h6-7,12H,3-4H2,1-2H3,(H,15,16). The number of aliphatic hydroxyl groups excluding tert-OH is 1. The maximum absolute atomic E-state index is 11.1. The molecule has 2 N–H and O–H groups in total. The summed E-state index contributed by atoms with van der Waals surface area (Å²) in [6.45, 7) is 2.37. The average Bonchev–Trinajstić information content (AvgIpc) is 2.11. The molecular weight excluding hydrogens is 232 g/mol. The molecule has 7 nitrogen and oxygen atoms in total. The summed E-state index contributed by atoms with van der Waals surface area (Å²) >= 11 is 0. The van der Waals surface area contributed by atoms with Crippen molar-refractivity contribution in [1.29, 1.82) is 0 Å². The molecule has 17 heavy (non-hydrogen) atoms. The number of ether oxygens (including phenoxy) is 1. The van der Waals surface area contributed by atoms with Crippen LogP contribution in [0.15, 0.2) is 0 Å². The van der Waals surface area contributed by atoms with Gasteiger partial charge in [0.15, 0.2) is 0 Å². The van der Waals surface area contributed by atoms with Crippen LogP contribution in [-0.4, -0.2) is 40.0 Å². The van der Waals surface area contributed by atoms with Gasteiger partial charge in [0.1, 0.15) is 12.2 Å². The highest BCUT2D eigenvalue weighted by Crippen LogP contribution is 2.10. The molecule has 0 aliphatic rings. The summed E-state index contributed by atoms with van der Waals surface area (Å²) in [5, 5.41) is 17.7. The maximum atomic E-state index is 11.1. The highest BCUT2D eigenvalue weighted by atomic mass is 16.6. The van der Waals surface area contributed by atoms with Crippen LogP contribution in [0.1, 0.15) is 26.7 Å². The third kappa shape index (κ3) is 6.41. The molecule has 0 rings (SSSR count). The minimum Gasteiger partial charge on any atom is -0.481 e. The Bertz CT molecular complexity index is 332. The minimum absolute atomic E-state index is 0.465. The van der Waals surface area contributed by atoms with Crippen molar-refractivity contribution >= 4 is 23.7 Å². The molecule has 0 aliphatic heterocycles. The number of rotatable bonds is 6. The molecule has 0 bridgehead atoms. The zero-order valence-electron chi connectivity index (χ0n) is 9.50. The van der Waals surface area contributed by atoms with E-state index in [1.165, 1.54) is 6.92 Å². The van der Waals surface area contributed by atoms with E-state index in [-0.39, 0.29) is 0 Å². The fourth-order valence-electron chi connectivity index (χ4n) is 1.05. The Morgan fingerprint density at radius 1 is 1.18 bits per heavy atom. The molecule has 7 heteroatoms. The predicted octanol–water partition coefficient (Wildman–Crippen LogP) is -0.493. The van der Waals surface area contributed by atoms with Crippen molar-refractivity contribution in [2.75, 3.05) is 0 Å². The van der Waals surface area contributed by atoms with Crippen molar-refractivity contribution in [3.63, 3.8) is 0 Å². The number of esters is 2. The first-order valence-electron chi connectivity index (χ1n) is 4.87. The Hall–Kier alpha value is -1.76. The Balaban J connectivity index is 4.29. The topological polar surface area (TPSA) is 118 Å². The summed E-state index contributed by atoms with van der Waals surface area (Å²) < 4.78 is 4.22. The third-order valence-electron chi connectivity index (χ3n) is 1.91. The summed E-state index contributed by atoms with van der Waals surface area (Å²) in [5.74, 6) is -5.28. The zero-order chi connectivity index (χ0) is 13.6. The SMILES string of the molecule is CC(=O)CC(=O)OC(=O)CC(C(=O)O)C(C)O. The molecule has 0 fully saturated rings. The molecule has 0 radical (unpaired) electrons. The first-order chi connectivity index (χ1) is 7.73. The van der Waals surface area contributed by atoms with Crippen molar-refractivity contribution < 1.29 is 34.1 Å². The van der Waals surface area contributed by atoms with Crippen LogP contribution < -0.4 is 0 Å². The van der Waals surface area contributed by atoms with E-state index in [4.69, 9.17) is 10.2 Å². The fourth-order valence-corrected chi connectivity index (χ4v) is 1.05. The van der Waals surface area contributed by atoms with Gasteiger partial charge in [-0.2, -0.15) is 0 Å².